The number of hydrogen-bond donors (Lipinski definition) is 4. The summed E-state index contributed by atoms with van der Waals surface area (Å²) < 4.78 is 33.3. The number of sulfonamides is 1. The third-order valence-electron chi connectivity index (χ3n) is 10.5. The zero-order valence-electron chi connectivity index (χ0n) is 29.6. The number of aliphatic hydroxyl groups is 1. The fourth-order valence-electron chi connectivity index (χ4n) is 7.43. The average Bonchev–Trinajstić information content (AvgIpc) is 4.00. The van der Waals surface area contributed by atoms with Gasteiger partial charge in [-0.2, -0.15) is 0 Å². The Morgan fingerprint density at radius 2 is 1.75 bits per heavy atom. The first-order valence-electron chi connectivity index (χ1n) is 18.1. The molecule has 12 nitrogen and oxygen atoms in total. The van der Waals surface area contributed by atoms with Crippen LogP contribution < -0.4 is 15.4 Å². The molecule has 2 heterocycles. The van der Waals surface area contributed by atoms with Crippen LogP contribution in [0.2, 0.25) is 0 Å². The summed E-state index contributed by atoms with van der Waals surface area (Å²) in [5, 5.41) is 17.2. The molecule has 4 amide bonds. The van der Waals surface area contributed by atoms with Crippen LogP contribution in [0, 0.1) is 11.8 Å². The minimum Gasteiger partial charge on any atom is -0.444 e. The SMILES string of the molecule is CC(C)(C)OC(=O)N[C@H]1CCCCC/C=C\[C@@H]2C[C@@]2(C(=O)NS(=O)(=O)C2CC2)NC(=O)[C@@H]2C[C@@](O)(C3C=CC(c4ccccc4)=CC3)CN2C1=O. The van der Waals surface area contributed by atoms with Gasteiger partial charge in [0.25, 0.3) is 5.91 Å². The highest BCUT2D eigenvalue weighted by molar-refractivity contribution is 7.91. The van der Waals surface area contributed by atoms with Gasteiger partial charge < -0.3 is 25.4 Å². The van der Waals surface area contributed by atoms with Gasteiger partial charge in [0, 0.05) is 18.3 Å². The van der Waals surface area contributed by atoms with Crippen LogP contribution in [0.1, 0.15) is 90.5 Å². The highest BCUT2D eigenvalue weighted by Crippen LogP contribution is 2.47. The fourth-order valence-corrected chi connectivity index (χ4v) is 8.80. The summed E-state index contributed by atoms with van der Waals surface area (Å²) >= 11 is 0. The van der Waals surface area contributed by atoms with Crippen molar-refractivity contribution in [2.75, 3.05) is 6.54 Å². The Bertz CT molecular complexity index is 1730. The van der Waals surface area contributed by atoms with Crippen LogP contribution in [0.25, 0.3) is 5.57 Å². The number of amides is 4. The lowest BCUT2D eigenvalue weighted by molar-refractivity contribution is -0.141. The van der Waals surface area contributed by atoms with Gasteiger partial charge in [-0.3, -0.25) is 19.1 Å². The summed E-state index contributed by atoms with van der Waals surface area (Å²) in [6.45, 7) is 4.99. The molecule has 6 rings (SSSR count). The van der Waals surface area contributed by atoms with Crippen LogP contribution in [0.4, 0.5) is 4.79 Å². The van der Waals surface area contributed by atoms with Gasteiger partial charge in [0.05, 0.1) is 17.4 Å². The summed E-state index contributed by atoms with van der Waals surface area (Å²) in [6, 6.07) is 7.62. The third kappa shape index (κ3) is 8.41. The molecule has 6 atom stereocenters. The lowest BCUT2D eigenvalue weighted by atomic mass is 9.79. The number of rotatable bonds is 6. The van der Waals surface area contributed by atoms with E-state index in [1.54, 1.807) is 20.8 Å². The summed E-state index contributed by atoms with van der Waals surface area (Å²) in [5.74, 6) is -2.87. The number of carbonyl (C=O) groups excluding carboxylic acids is 4. The maximum Gasteiger partial charge on any atom is 0.408 e. The molecule has 0 spiro atoms. The Hall–Kier alpha value is -3.97. The molecule has 0 bridgehead atoms. The van der Waals surface area contributed by atoms with Gasteiger partial charge in [-0.25, -0.2) is 13.2 Å². The Morgan fingerprint density at radius 3 is 2.41 bits per heavy atom. The van der Waals surface area contributed by atoms with Gasteiger partial charge in [0.2, 0.25) is 21.8 Å². The Morgan fingerprint density at radius 1 is 1.00 bits per heavy atom. The smallest absolute Gasteiger partial charge is 0.408 e. The van der Waals surface area contributed by atoms with Gasteiger partial charge in [-0.15, -0.1) is 0 Å². The van der Waals surface area contributed by atoms with E-state index in [1.807, 2.05) is 60.7 Å². The van der Waals surface area contributed by atoms with E-state index in [0.29, 0.717) is 38.5 Å². The highest BCUT2D eigenvalue weighted by atomic mass is 32.2. The number of carbonyl (C=O) groups is 4. The molecule has 1 aromatic rings. The van der Waals surface area contributed by atoms with Crippen LogP contribution in [-0.2, 0) is 29.1 Å². The Kier molecular flexibility index (Phi) is 10.3. The van der Waals surface area contributed by atoms with Crippen molar-refractivity contribution >= 4 is 39.4 Å². The molecule has 0 radical (unpaired) electrons. The predicted molar refractivity (Wildman–Crippen MR) is 191 cm³/mol. The number of fused-ring (bicyclic) bond motifs is 2. The quantitative estimate of drug-likeness (QED) is 0.321. The molecule has 13 heteroatoms. The lowest BCUT2D eigenvalue weighted by Crippen LogP contribution is -2.58. The number of nitrogens with zero attached hydrogens (tertiary/aromatic N) is 1. The van der Waals surface area contributed by atoms with E-state index in [4.69, 9.17) is 4.74 Å². The average molecular weight is 723 g/mol. The van der Waals surface area contributed by atoms with E-state index in [2.05, 4.69) is 15.4 Å². The zero-order chi connectivity index (χ0) is 36.6. The summed E-state index contributed by atoms with van der Waals surface area (Å²) in [5.41, 5.74) is -1.80. The van der Waals surface area contributed by atoms with Gasteiger partial charge in [-0.05, 0) is 76.9 Å². The van der Waals surface area contributed by atoms with Crippen LogP contribution in [0.15, 0.2) is 60.7 Å². The van der Waals surface area contributed by atoms with Gasteiger partial charge >= 0.3 is 6.09 Å². The van der Waals surface area contributed by atoms with E-state index in [9.17, 15) is 32.7 Å². The number of nitrogens with one attached hydrogen (secondary N) is 3. The molecule has 0 aromatic heterocycles. The third-order valence-corrected chi connectivity index (χ3v) is 12.4. The minimum absolute atomic E-state index is 0.119. The molecule has 3 aliphatic carbocycles. The lowest BCUT2D eigenvalue weighted by Gasteiger charge is -2.32. The van der Waals surface area contributed by atoms with E-state index in [0.717, 1.165) is 24.0 Å². The highest BCUT2D eigenvalue weighted by Gasteiger charge is 2.63. The molecular formula is C38H50N4O8S. The molecule has 2 saturated carbocycles. The molecular weight excluding hydrogens is 673 g/mol. The van der Waals surface area contributed by atoms with Crippen molar-refractivity contribution in [3.63, 3.8) is 0 Å². The maximum atomic E-state index is 14.5. The summed E-state index contributed by atoms with van der Waals surface area (Å²) in [4.78, 5) is 56.8. The fraction of sp³-hybridized carbons (Fsp3) is 0.579. The number of ether oxygens (including phenoxy) is 1. The first-order chi connectivity index (χ1) is 24.1. The molecule has 4 N–H and O–H groups in total. The monoisotopic (exact) mass is 722 g/mol. The van der Waals surface area contributed by atoms with Crippen molar-refractivity contribution in [1.29, 1.82) is 0 Å². The molecule has 1 unspecified atom stereocenters. The second-order valence-corrected chi connectivity index (χ2v) is 17.7. The number of hydrogen-bond acceptors (Lipinski definition) is 8. The topological polar surface area (TPSA) is 171 Å². The Balaban J connectivity index is 1.30. The van der Waals surface area contributed by atoms with Crippen LogP contribution in [0.5, 0.6) is 0 Å². The zero-order valence-corrected chi connectivity index (χ0v) is 30.4. The van der Waals surface area contributed by atoms with Crippen molar-refractivity contribution < 1.29 is 37.4 Å². The molecule has 5 aliphatic rings. The molecule has 1 aromatic carbocycles. The van der Waals surface area contributed by atoms with Crippen molar-refractivity contribution in [2.45, 2.75) is 119 Å². The van der Waals surface area contributed by atoms with E-state index < -0.39 is 79.7 Å². The first kappa shape index (κ1) is 36.8. The molecule has 1 saturated heterocycles. The van der Waals surface area contributed by atoms with E-state index in [-0.39, 0.29) is 19.4 Å². The molecule has 3 fully saturated rings. The van der Waals surface area contributed by atoms with E-state index >= 15 is 0 Å². The number of benzene rings is 1. The van der Waals surface area contributed by atoms with Crippen LogP contribution in [0.3, 0.4) is 0 Å². The molecule has 51 heavy (non-hydrogen) atoms. The number of alkyl carbamates (subject to hydrolysis) is 1. The number of allylic oxidation sites excluding steroid dienone is 4. The molecule has 276 valence electrons. The van der Waals surface area contributed by atoms with Crippen molar-refractivity contribution in [2.24, 2.45) is 11.8 Å². The van der Waals surface area contributed by atoms with Crippen molar-refractivity contribution in [3.05, 3.63) is 66.3 Å². The van der Waals surface area contributed by atoms with Gasteiger partial charge in [0.15, 0.2) is 0 Å². The largest absolute Gasteiger partial charge is 0.444 e. The van der Waals surface area contributed by atoms with E-state index in [1.165, 1.54) is 4.90 Å². The van der Waals surface area contributed by atoms with Gasteiger partial charge in [-0.1, -0.05) is 73.6 Å². The van der Waals surface area contributed by atoms with Crippen LogP contribution >= 0.6 is 0 Å². The van der Waals surface area contributed by atoms with Crippen molar-refractivity contribution in [3.8, 4) is 0 Å². The first-order valence-corrected chi connectivity index (χ1v) is 19.7. The second kappa shape index (κ2) is 14.2. The summed E-state index contributed by atoms with van der Waals surface area (Å²) in [6.07, 6.45) is 13.5. The predicted octanol–water partition coefficient (Wildman–Crippen LogP) is 3.88. The maximum absolute atomic E-state index is 14.5. The standard InChI is InChI=1S/C38H50N4O8S/c1-36(2,3)50-35(46)39-30-15-11-6-4-5-10-14-28-22-38(28,34(45)41-51(48,49)29-20-21-29)40-32(43)31-23-37(47,24-42(31)33(30)44)27-18-16-26(17-19-27)25-12-8-7-9-13-25/h7-10,12-14,16-18,27-31,47H,4-6,11,15,19-24H2,1-3H3,(H,39,46)(H,40,43)(H,41,45)/b14-10-/t27?,28-,30+,31+,37+,38-/m1/s1. The second-order valence-electron chi connectivity index (χ2n) is 15.7. The summed E-state index contributed by atoms with van der Waals surface area (Å²) in [7, 11) is -3.89. The Labute approximate surface area is 300 Å². The minimum atomic E-state index is -3.89. The van der Waals surface area contributed by atoms with Crippen LogP contribution in [-0.4, -0.2) is 82.9 Å². The normalized spacial score (nSPS) is 32.2. The molecule has 2 aliphatic heterocycles. The van der Waals surface area contributed by atoms with Gasteiger partial charge in [0.1, 0.15) is 23.2 Å². The van der Waals surface area contributed by atoms with Crippen molar-refractivity contribution in [1.82, 2.24) is 20.3 Å².